The van der Waals surface area contributed by atoms with E-state index in [0.29, 0.717) is 17.9 Å². The summed E-state index contributed by atoms with van der Waals surface area (Å²) in [6.45, 7) is 5.26. The molecule has 0 aliphatic carbocycles. The Morgan fingerprint density at radius 3 is 2.55 bits per heavy atom. The Morgan fingerprint density at radius 1 is 1.10 bits per heavy atom. The Balaban J connectivity index is 1.15. The van der Waals surface area contributed by atoms with Crippen molar-refractivity contribution >= 4 is 11.9 Å². The molecule has 31 heavy (non-hydrogen) atoms. The molecule has 0 saturated carbocycles. The van der Waals surface area contributed by atoms with Gasteiger partial charge in [-0.15, -0.1) is 10.2 Å². The molecule has 0 bridgehead atoms. The number of cyclic esters (lactones) is 1. The number of hydrogen-bond donors (Lipinski definition) is 0. The van der Waals surface area contributed by atoms with Gasteiger partial charge in [0.05, 0.1) is 22.4 Å². The number of carbonyl (C=O) groups is 2. The normalized spacial score (nSPS) is 21.4. The van der Waals surface area contributed by atoms with Crippen LogP contribution >= 0.6 is 0 Å². The molecular weight excluding hydrogens is 400 g/mol. The van der Waals surface area contributed by atoms with Crippen LogP contribution in [0.3, 0.4) is 0 Å². The summed E-state index contributed by atoms with van der Waals surface area (Å²) < 4.78 is 6.56. The van der Waals surface area contributed by atoms with Crippen LogP contribution in [0.5, 0.6) is 0 Å². The summed E-state index contributed by atoms with van der Waals surface area (Å²) in [7, 11) is 0. The van der Waals surface area contributed by atoms with Crippen LogP contribution in [-0.4, -0.2) is 84.9 Å². The molecule has 1 spiro atoms. The van der Waals surface area contributed by atoms with E-state index in [-0.39, 0.29) is 23.9 Å². The summed E-state index contributed by atoms with van der Waals surface area (Å²) in [4.78, 5) is 29.1. The minimum Gasteiger partial charge on any atom is -0.456 e. The lowest BCUT2D eigenvalue weighted by Gasteiger charge is -2.38. The van der Waals surface area contributed by atoms with Gasteiger partial charge in [-0.2, -0.15) is 9.78 Å². The number of likely N-dealkylation sites (tertiary alicyclic amines) is 2. The summed E-state index contributed by atoms with van der Waals surface area (Å²) in [6.07, 6.45) is 4.80. The number of ether oxygens (including phenoxy) is 1. The fourth-order valence-electron chi connectivity index (χ4n) is 4.64. The van der Waals surface area contributed by atoms with E-state index in [9.17, 15) is 9.59 Å². The molecule has 3 aliphatic heterocycles. The molecular formula is C20H24N8O3. The van der Waals surface area contributed by atoms with Gasteiger partial charge in [-0.3, -0.25) is 4.79 Å². The second kappa shape index (κ2) is 7.80. The number of hydrogen-bond acceptors (Lipinski definition) is 9. The zero-order valence-electron chi connectivity index (χ0n) is 17.4. The first-order chi connectivity index (χ1) is 15.1. The lowest BCUT2D eigenvalue weighted by atomic mass is 9.77. The fourth-order valence-corrected chi connectivity index (χ4v) is 4.64. The molecule has 5 heterocycles. The van der Waals surface area contributed by atoms with Crippen molar-refractivity contribution in [3.63, 3.8) is 0 Å². The molecule has 3 aliphatic rings. The first kappa shape index (κ1) is 19.7. The molecule has 11 nitrogen and oxygen atoms in total. The van der Waals surface area contributed by atoms with Gasteiger partial charge < -0.3 is 14.5 Å². The molecule has 0 radical (unpaired) electrons. The maximum Gasteiger partial charge on any atom is 0.336 e. The smallest absolute Gasteiger partial charge is 0.336 e. The van der Waals surface area contributed by atoms with Crippen molar-refractivity contribution < 1.29 is 14.3 Å². The van der Waals surface area contributed by atoms with Gasteiger partial charge in [0, 0.05) is 19.5 Å². The summed E-state index contributed by atoms with van der Waals surface area (Å²) in [5.74, 6) is 0.425. The molecule has 2 saturated heterocycles. The van der Waals surface area contributed by atoms with Crippen LogP contribution in [0.15, 0.2) is 29.7 Å². The van der Waals surface area contributed by atoms with Crippen LogP contribution in [0, 0.1) is 5.41 Å². The van der Waals surface area contributed by atoms with Crippen molar-refractivity contribution in [3.8, 4) is 5.82 Å². The third-order valence-corrected chi connectivity index (χ3v) is 6.70. The third kappa shape index (κ3) is 3.58. The predicted molar refractivity (Wildman–Crippen MR) is 107 cm³/mol. The Kier molecular flexibility index (Phi) is 4.97. The van der Waals surface area contributed by atoms with E-state index in [1.807, 2.05) is 12.1 Å². The topological polar surface area (TPSA) is 119 Å². The number of carbonyl (C=O) groups excluding carboxylic acids is 2. The number of rotatable bonds is 5. The lowest BCUT2D eigenvalue weighted by Crippen LogP contribution is -2.45. The van der Waals surface area contributed by atoms with Crippen molar-refractivity contribution in [3.05, 3.63) is 35.4 Å². The van der Waals surface area contributed by atoms with Crippen LogP contribution in [0.25, 0.3) is 5.82 Å². The molecule has 162 valence electrons. The number of tetrazole rings is 1. The van der Waals surface area contributed by atoms with Gasteiger partial charge in [-0.1, -0.05) is 0 Å². The number of amides is 1. The molecule has 0 atom stereocenters. The standard InChI is InChI=1S/C20H24N8O3/c1-14-16(12-31-18(14)29)27-11-7-20(19(27)30)5-9-26(10-6-20)8-4-15-2-3-17(23-22-15)28-13-21-24-25-28/h2-3,13H,4-12H2,1H3. The Hall–Kier alpha value is -3.21. The van der Waals surface area contributed by atoms with Crippen molar-refractivity contribution in [2.45, 2.75) is 32.6 Å². The van der Waals surface area contributed by atoms with Gasteiger partial charge in [0.15, 0.2) is 5.82 Å². The summed E-state index contributed by atoms with van der Waals surface area (Å²) >= 11 is 0. The van der Waals surface area contributed by atoms with Crippen molar-refractivity contribution in [1.82, 2.24) is 40.2 Å². The zero-order valence-corrected chi connectivity index (χ0v) is 17.4. The maximum atomic E-state index is 13.2. The van der Waals surface area contributed by atoms with Gasteiger partial charge in [0.2, 0.25) is 5.91 Å². The Bertz CT molecular complexity index is 1010. The number of aromatic nitrogens is 6. The lowest BCUT2D eigenvalue weighted by molar-refractivity contribution is -0.138. The van der Waals surface area contributed by atoms with Gasteiger partial charge in [0.1, 0.15) is 12.9 Å². The highest BCUT2D eigenvalue weighted by molar-refractivity contribution is 5.94. The molecule has 5 rings (SSSR count). The summed E-state index contributed by atoms with van der Waals surface area (Å²) in [5, 5.41) is 19.4. The molecule has 1 amide bonds. The van der Waals surface area contributed by atoms with Gasteiger partial charge in [0.25, 0.3) is 0 Å². The first-order valence-corrected chi connectivity index (χ1v) is 10.5. The van der Waals surface area contributed by atoms with Crippen LogP contribution in [0.4, 0.5) is 0 Å². The average Bonchev–Trinajstić information content (AvgIpc) is 3.51. The van der Waals surface area contributed by atoms with Crippen molar-refractivity contribution in [2.75, 3.05) is 32.8 Å². The van der Waals surface area contributed by atoms with E-state index in [4.69, 9.17) is 4.74 Å². The van der Waals surface area contributed by atoms with E-state index < -0.39 is 0 Å². The molecule has 0 N–H and O–H groups in total. The second-order valence-corrected chi connectivity index (χ2v) is 8.36. The SMILES string of the molecule is CC1=C(N2CCC3(CCN(CCc4ccc(-n5cnnn5)nn4)CC3)C2=O)COC1=O. The molecule has 2 aromatic rings. The number of nitrogens with zero attached hydrogens (tertiary/aromatic N) is 8. The summed E-state index contributed by atoms with van der Waals surface area (Å²) in [5.41, 5.74) is 1.92. The van der Waals surface area contributed by atoms with E-state index >= 15 is 0 Å². The average molecular weight is 424 g/mol. The number of esters is 1. The van der Waals surface area contributed by atoms with Crippen molar-refractivity contribution in [1.29, 1.82) is 0 Å². The van der Waals surface area contributed by atoms with Gasteiger partial charge in [-0.25, -0.2) is 4.79 Å². The largest absolute Gasteiger partial charge is 0.456 e. The molecule has 2 aromatic heterocycles. The quantitative estimate of drug-likeness (QED) is 0.617. The highest BCUT2D eigenvalue weighted by Crippen LogP contribution is 2.43. The van der Waals surface area contributed by atoms with E-state index in [2.05, 4.69) is 30.6 Å². The third-order valence-electron chi connectivity index (χ3n) is 6.70. The van der Waals surface area contributed by atoms with E-state index in [1.165, 1.54) is 11.0 Å². The second-order valence-electron chi connectivity index (χ2n) is 8.36. The highest BCUT2D eigenvalue weighted by Gasteiger charge is 2.49. The predicted octanol–water partition coefficient (Wildman–Crippen LogP) is 0.140. The molecule has 0 aromatic carbocycles. The highest BCUT2D eigenvalue weighted by atomic mass is 16.5. The number of piperidine rings is 1. The van der Waals surface area contributed by atoms with E-state index in [1.54, 1.807) is 11.8 Å². The zero-order chi connectivity index (χ0) is 21.4. The van der Waals surface area contributed by atoms with Gasteiger partial charge in [-0.05, 0) is 61.8 Å². The minimum absolute atomic E-state index is 0.156. The minimum atomic E-state index is -0.312. The summed E-state index contributed by atoms with van der Waals surface area (Å²) in [6, 6.07) is 3.79. The van der Waals surface area contributed by atoms with Crippen molar-refractivity contribution in [2.24, 2.45) is 5.41 Å². The van der Waals surface area contributed by atoms with Crippen LogP contribution in [0.1, 0.15) is 31.9 Å². The molecule has 0 unspecified atom stereocenters. The molecule has 2 fully saturated rings. The van der Waals surface area contributed by atoms with Gasteiger partial charge >= 0.3 is 5.97 Å². The van der Waals surface area contributed by atoms with Crippen LogP contribution in [0.2, 0.25) is 0 Å². The van der Waals surface area contributed by atoms with Crippen LogP contribution < -0.4 is 0 Å². The van der Waals surface area contributed by atoms with Crippen LogP contribution in [-0.2, 0) is 20.7 Å². The molecule has 11 heteroatoms. The van der Waals surface area contributed by atoms with E-state index in [0.717, 1.165) is 56.7 Å². The fraction of sp³-hybridized carbons (Fsp3) is 0.550. The maximum absolute atomic E-state index is 13.2. The Labute approximate surface area is 179 Å². The monoisotopic (exact) mass is 424 g/mol. The Morgan fingerprint density at radius 2 is 1.90 bits per heavy atom. The first-order valence-electron chi connectivity index (χ1n) is 10.5.